The molecular formula is C15H13NO4S. The first kappa shape index (κ1) is 13.6. The molecule has 2 N–H and O–H groups in total. The molecule has 2 heterocycles. The molecule has 0 fully saturated rings. The molecule has 0 saturated carbocycles. The maximum absolute atomic E-state index is 11.3. The zero-order valence-electron chi connectivity index (χ0n) is 11.1. The molecule has 3 rings (SSSR count). The Bertz CT molecular complexity index is 707. The average Bonchev–Trinajstić information content (AvgIpc) is 2.93. The molecular weight excluding hydrogens is 290 g/mol. The number of carbonyl (C=O) groups is 2. The molecule has 0 radical (unpaired) electrons. The highest BCUT2D eigenvalue weighted by molar-refractivity contribution is 7.12. The van der Waals surface area contributed by atoms with Gasteiger partial charge in [0.15, 0.2) is 0 Å². The number of aromatic carboxylic acids is 1. The molecule has 1 aromatic carbocycles. The first-order chi connectivity index (χ1) is 10.1. The molecule has 5 nitrogen and oxygen atoms in total. The number of amides is 1. The van der Waals surface area contributed by atoms with Crippen molar-refractivity contribution in [3.8, 4) is 5.75 Å². The van der Waals surface area contributed by atoms with Crippen molar-refractivity contribution in [3.05, 3.63) is 45.6 Å². The summed E-state index contributed by atoms with van der Waals surface area (Å²) in [6.45, 7) is 0.219. The molecule has 2 aromatic rings. The summed E-state index contributed by atoms with van der Waals surface area (Å²) in [5.41, 5.74) is 2.52. The van der Waals surface area contributed by atoms with Crippen molar-refractivity contribution in [3.63, 3.8) is 0 Å². The van der Waals surface area contributed by atoms with E-state index in [9.17, 15) is 9.59 Å². The van der Waals surface area contributed by atoms with Gasteiger partial charge in [0.05, 0.1) is 0 Å². The van der Waals surface area contributed by atoms with Crippen molar-refractivity contribution in [2.45, 2.75) is 19.4 Å². The molecule has 1 aliphatic heterocycles. The molecule has 0 unspecified atom stereocenters. The summed E-state index contributed by atoms with van der Waals surface area (Å²) in [4.78, 5) is 22.6. The largest absolute Gasteiger partial charge is 0.489 e. The predicted molar refractivity (Wildman–Crippen MR) is 79.0 cm³/mol. The number of nitrogens with one attached hydrogen (secondary N) is 1. The highest BCUT2D eigenvalue weighted by atomic mass is 32.1. The number of hydrogen-bond donors (Lipinski definition) is 2. The molecule has 0 atom stereocenters. The van der Waals surface area contributed by atoms with Gasteiger partial charge in [-0.25, -0.2) is 4.79 Å². The summed E-state index contributed by atoms with van der Waals surface area (Å²) in [6, 6.07) is 7.24. The third-order valence-electron chi connectivity index (χ3n) is 3.31. The van der Waals surface area contributed by atoms with Crippen LogP contribution in [0.3, 0.4) is 0 Å². The summed E-state index contributed by atoms with van der Waals surface area (Å²) < 4.78 is 5.66. The average molecular weight is 303 g/mol. The van der Waals surface area contributed by atoms with Gasteiger partial charge in [0.1, 0.15) is 17.2 Å². The Morgan fingerprint density at radius 2 is 2.19 bits per heavy atom. The summed E-state index contributed by atoms with van der Waals surface area (Å²) in [7, 11) is 0. The van der Waals surface area contributed by atoms with Crippen molar-refractivity contribution in [2.75, 3.05) is 5.32 Å². The number of ether oxygens (including phenoxy) is 1. The number of hydrogen-bond acceptors (Lipinski definition) is 4. The van der Waals surface area contributed by atoms with Crippen LogP contribution in [0.25, 0.3) is 0 Å². The lowest BCUT2D eigenvalue weighted by Gasteiger charge is -2.17. The Balaban J connectivity index is 1.72. The molecule has 1 amide bonds. The lowest BCUT2D eigenvalue weighted by Crippen LogP contribution is -2.18. The second-order valence-electron chi connectivity index (χ2n) is 4.74. The number of aryl methyl sites for hydroxylation is 1. The van der Waals surface area contributed by atoms with Crippen molar-refractivity contribution < 1.29 is 19.4 Å². The SMILES string of the molecule is O=C1CCc2cc(OCc3ccsc3C(=O)O)ccc2N1. The maximum Gasteiger partial charge on any atom is 0.346 e. The second kappa shape index (κ2) is 5.57. The summed E-state index contributed by atoms with van der Waals surface area (Å²) >= 11 is 1.19. The summed E-state index contributed by atoms with van der Waals surface area (Å²) in [5, 5.41) is 13.6. The number of thiophene rings is 1. The van der Waals surface area contributed by atoms with Gasteiger partial charge in [-0.1, -0.05) is 0 Å². The van der Waals surface area contributed by atoms with Gasteiger partial charge < -0.3 is 15.2 Å². The van der Waals surface area contributed by atoms with E-state index in [0.717, 1.165) is 11.3 Å². The van der Waals surface area contributed by atoms with E-state index in [4.69, 9.17) is 9.84 Å². The number of rotatable bonds is 4. The van der Waals surface area contributed by atoms with Crippen LogP contribution in [0.4, 0.5) is 5.69 Å². The number of benzene rings is 1. The van der Waals surface area contributed by atoms with Gasteiger partial charge in [0.25, 0.3) is 0 Å². The normalized spacial score (nSPS) is 13.4. The Morgan fingerprint density at radius 3 is 3.00 bits per heavy atom. The summed E-state index contributed by atoms with van der Waals surface area (Å²) in [5.74, 6) is -0.232. The van der Waals surface area contributed by atoms with Gasteiger partial charge in [0.2, 0.25) is 5.91 Å². The van der Waals surface area contributed by atoms with E-state index in [2.05, 4.69) is 5.32 Å². The Kier molecular flexibility index (Phi) is 3.62. The fraction of sp³-hybridized carbons (Fsp3) is 0.200. The fourth-order valence-corrected chi connectivity index (χ4v) is 3.00. The molecule has 1 aliphatic rings. The third-order valence-corrected chi connectivity index (χ3v) is 4.25. The van der Waals surface area contributed by atoms with Gasteiger partial charge in [-0.05, 0) is 41.6 Å². The molecule has 0 bridgehead atoms. The van der Waals surface area contributed by atoms with E-state index < -0.39 is 5.97 Å². The maximum atomic E-state index is 11.3. The smallest absolute Gasteiger partial charge is 0.346 e. The van der Waals surface area contributed by atoms with E-state index in [1.165, 1.54) is 11.3 Å². The first-order valence-corrected chi connectivity index (χ1v) is 7.36. The second-order valence-corrected chi connectivity index (χ2v) is 5.65. The van der Waals surface area contributed by atoms with Crippen LogP contribution < -0.4 is 10.1 Å². The van der Waals surface area contributed by atoms with Crippen LogP contribution in [-0.4, -0.2) is 17.0 Å². The topological polar surface area (TPSA) is 75.6 Å². The molecule has 6 heteroatoms. The monoisotopic (exact) mass is 303 g/mol. The number of carbonyl (C=O) groups excluding carboxylic acids is 1. The number of anilines is 1. The zero-order chi connectivity index (χ0) is 14.8. The van der Waals surface area contributed by atoms with Crippen LogP contribution in [0.2, 0.25) is 0 Å². The molecule has 0 spiro atoms. The molecule has 0 saturated heterocycles. The highest BCUT2D eigenvalue weighted by Gasteiger charge is 2.16. The van der Waals surface area contributed by atoms with Gasteiger partial charge >= 0.3 is 5.97 Å². The molecule has 0 aliphatic carbocycles. The van der Waals surface area contributed by atoms with Gasteiger partial charge in [-0.3, -0.25) is 4.79 Å². The third kappa shape index (κ3) is 2.90. The van der Waals surface area contributed by atoms with Crippen molar-refractivity contribution in [1.29, 1.82) is 0 Å². The minimum atomic E-state index is -0.934. The van der Waals surface area contributed by atoms with Crippen LogP contribution in [0, 0.1) is 0 Å². The van der Waals surface area contributed by atoms with E-state index in [0.29, 0.717) is 29.0 Å². The number of carboxylic acids is 1. The Labute approximate surface area is 125 Å². The van der Waals surface area contributed by atoms with Gasteiger partial charge in [-0.2, -0.15) is 0 Å². The fourth-order valence-electron chi connectivity index (χ4n) is 2.25. The van der Waals surface area contributed by atoms with Crippen molar-refractivity contribution in [2.24, 2.45) is 0 Å². The lowest BCUT2D eigenvalue weighted by molar-refractivity contribution is -0.116. The summed E-state index contributed by atoms with van der Waals surface area (Å²) in [6.07, 6.45) is 1.17. The van der Waals surface area contributed by atoms with E-state index in [1.54, 1.807) is 17.5 Å². The molecule has 21 heavy (non-hydrogen) atoms. The van der Waals surface area contributed by atoms with Crippen LogP contribution in [0.5, 0.6) is 5.75 Å². The zero-order valence-corrected chi connectivity index (χ0v) is 11.9. The standard InChI is InChI=1S/C15H13NO4S/c17-13-4-1-9-7-11(2-3-12(9)16-13)20-8-10-5-6-21-14(10)15(18)19/h2-3,5-7H,1,4,8H2,(H,16,17)(H,18,19). The predicted octanol–water partition coefficient (Wildman–Crippen LogP) is 2.91. The Hall–Kier alpha value is -2.34. The van der Waals surface area contributed by atoms with Crippen LogP contribution >= 0.6 is 11.3 Å². The van der Waals surface area contributed by atoms with Crippen LogP contribution in [0.1, 0.15) is 27.2 Å². The quantitative estimate of drug-likeness (QED) is 0.910. The van der Waals surface area contributed by atoms with Crippen molar-refractivity contribution in [1.82, 2.24) is 0 Å². The van der Waals surface area contributed by atoms with E-state index >= 15 is 0 Å². The molecule has 108 valence electrons. The van der Waals surface area contributed by atoms with Crippen LogP contribution in [0.15, 0.2) is 29.6 Å². The highest BCUT2D eigenvalue weighted by Crippen LogP contribution is 2.27. The number of fused-ring (bicyclic) bond motifs is 1. The lowest BCUT2D eigenvalue weighted by atomic mass is 10.0. The van der Waals surface area contributed by atoms with Crippen molar-refractivity contribution >= 4 is 28.9 Å². The first-order valence-electron chi connectivity index (χ1n) is 6.49. The van der Waals surface area contributed by atoms with Gasteiger partial charge in [0, 0.05) is 17.7 Å². The minimum absolute atomic E-state index is 0.0283. The van der Waals surface area contributed by atoms with Gasteiger partial charge in [-0.15, -0.1) is 11.3 Å². The molecule has 1 aromatic heterocycles. The van der Waals surface area contributed by atoms with E-state index in [-0.39, 0.29) is 12.5 Å². The minimum Gasteiger partial charge on any atom is -0.489 e. The Morgan fingerprint density at radius 1 is 1.33 bits per heavy atom. The van der Waals surface area contributed by atoms with E-state index in [1.807, 2.05) is 12.1 Å². The van der Waals surface area contributed by atoms with Crippen LogP contribution in [-0.2, 0) is 17.8 Å². The number of carboxylic acid groups (broad SMARTS) is 1.